The average molecular weight is 224 g/mol. The summed E-state index contributed by atoms with van der Waals surface area (Å²) in [5.74, 6) is 0.860. The summed E-state index contributed by atoms with van der Waals surface area (Å²) in [7, 11) is 0. The molecule has 1 aromatic rings. The van der Waals surface area contributed by atoms with Crippen molar-refractivity contribution < 1.29 is 4.79 Å². The number of benzene rings is 1. The summed E-state index contributed by atoms with van der Waals surface area (Å²) in [6, 6.07) is 9.68. The molecule has 3 nitrogen and oxygen atoms in total. The number of aliphatic imine (C=N–C) groups is 1. The molecular weight excluding hydrogens is 212 g/mol. The molecular formula is C14H12N2O. The first kappa shape index (κ1) is 10.0. The number of carbonyl (C=O) groups is 1. The van der Waals surface area contributed by atoms with Crippen LogP contribution in [0.2, 0.25) is 0 Å². The van der Waals surface area contributed by atoms with Crippen LogP contribution in [0.3, 0.4) is 0 Å². The molecule has 3 heteroatoms. The first-order chi connectivity index (χ1) is 8.40. The van der Waals surface area contributed by atoms with Crippen LogP contribution < -0.4 is 0 Å². The van der Waals surface area contributed by atoms with Crippen molar-refractivity contribution in [3.05, 3.63) is 60.3 Å². The summed E-state index contributed by atoms with van der Waals surface area (Å²) in [5.41, 5.74) is 1.11. The van der Waals surface area contributed by atoms with Gasteiger partial charge in [-0.15, -0.1) is 0 Å². The Balaban J connectivity index is 2.02. The Hall–Kier alpha value is -2.16. The van der Waals surface area contributed by atoms with Gasteiger partial charge in [0.15, 0.2) is 0 Å². The molecule has 0 saturated carbocycles. The molecule has 0 fully saturated rings. The molecule has 0 radical (unpaired) electrons. The van der Waals surface area contributed by atoms with Gasteiger partial charge in [-0.3, -0.25) is 4.99 Å². The van der Waals surface area contributed by atoms with E-state index in [0.717, 1.165) is 17.7 Å². The molecule has 0 amide bonds. The van der Waals surface area contributed by atoms with Crippen LogP contribution in [0.15, 0.2) is 59.8 Å². The van der Waals surface area contributed by atoms with Crippen molar-refractivity contribution in [2.45, 2.75) is 12.1 Å². The monoisotopic (exact) mass is 224 g/mol. The zero-order valence-corrected chi connectivity index (χ0v) is 9.23. The number of hydrogen-bond acceptors (Lipinski definition) is 3. The molecule has 2 heterocycles. The lowest BCUT2D eigenvalue weighted by Gasteiger charge is -2.26. The van der Waals surface area contributed by atoms with Gasteiger partial charge in [-0.1, -0.05) is 36.4 Å². The van der Waals surface area contributed by atoms with Gasteiger partial charge in [0, 0.05) is 6.20 Å². The Kier molecular flexibility index (Phi) is 2.37. The fourth-order valence-electron chi connectivity index (χ4n) is 2.29. The number of allylic oxidation sites excluding steroid dienone is 2. The second-order valence-corrected chi connectivity index (χ2v) is 4.08. The molecule has 0 aliphatic carbocycles. The fraction of sp³-hybridized carbons (Fsp3) is 0.143. The molecule has 2 unspecified atom stereocenters. The third-order valence-corrected chi connectivity index (χ3v) is 3.05. The summed E-state index contributed by atoms with van der Waals surface area (Å²) in [6.45, 7) is 0. The Bertz CT molecular complexity index is 516. The van der Waals surface area contributed by atoms with Crippen molar-refractivity contribution >= 4 is 12.1 Å². The van der Waals surface area contributed by atoms with Gasteiger partial charge in [0.2, 0.25) is 0 Å². The van der Waals surface area contributed by atoms with Gasteiger partial charge in [-0.05, 0) is 17.7 Å². The lowest BCUT2D eigenvalue weighted by Crippen LogP contribution is -2.29. The van der Waals surface area contributed by atoms with E-state index in [0.29, 0.717) is 0 Å². The van der Waals surface area contributed by atoms with Crippen LogP contribution in [-0.2, 0) is 4.79 Å². The number of rotatable bonds is 2. The van der Waals surface area contributed by atoms with Gasteiger partial charge >= 0.3 is 0 Å². The second-order valence-electron chi connectivity index (χ2n) is 4.08. The number of nitrogens with zero attached hydrogens (tertiary/aromatic N) is 2. The minimum atomic E-state index is -0.320. The molecule has 0 aromatic heterocycles. The smallest absolute Gasteiger partial charge is 0.147 e. The van der Waals surface area contributed by atoms with Gasteiger partial charge in [0.1, 0.15) is 18.2 Å². The van der Waals surface area contributed by atoms with Crippen molar-refractivity contribution in [3.63, 3.8) is 0 Å². The molecule has 2 aliphatic rings. The van der Waals surface area contributed by atoms with E-state index >= 15 is 0 Å². The van der Waals surface area contributed by atoms with Crippen molar-refractivity contribution in [1.29, 1.82) is 0 Å². The van der Waals surface area contributed by atoms with Crippen molar-refractivity contribution in [2.75, 3.05) is 0 Å². The molecule has 3 rings (SSSR count). The molecule has 0 saturated heterocycles. The topological polar surface area (TPSA) is 32.7 Å². The first-order valence-corrected chi connectivity index (χ1v) is 5.61. The van der Waals surface area contributed by atoms with E-state index in [1.54, 1.807) is 0 Å². The van der Waals surface area contributed by atoms with Gasteiger partial charge < -0.3 is 9.69 Å². The van der Waals surface area contributed by atoms with E-state index in [9.17, 15) is 4.79 Å². The summed E-state index contributed by atoms with van der Waals surface area (Å²) >= 11 is 0. The lowest BCUT2D eigenvalue weighted by molar-refractivity contribution is -0.109. The van der Waals surface area contributed by atoms with Crippen LogP contribution in [0.5, 0.6) is 0 Å². The Morgan fingerprint density at radius 2 is 2.00 bits per heavy atom. The van der Waals surface area contributed by atoms with Gasteiger partial charge in [0.05, 0.1) is 6.04 Å². The van der Waals surface area contributed by atoms with E-state index < -0.39 is 0 Å². The third kappa shape index (κ3) is 1.60. The summed E-state index contributed by atoms with van der Waals surface area (Å²) in [6.07, 6.45) is 8.72. The van der Waals surface area contributed by atoms with Crippen LogP contribution in [0.1, 0.15) is 11.6 Å². The highest BCUT2D eigenvalue weighted by Crippen LogP contribution is 2.32. The van der Waals surface area contributed by atoms with Gasteiger partial charge in [-0.25, -0.2) is 0 Å². The third-order valence-electron chi connectivity index (χ3n) is 3.05. The molecule has 1 aromatic carbocycles. The predicted molar refractivity (Wildman–Crippen MR) is 66.6 cm³/mol. The Labute approximate surface area is 99.8 Å². The van der Waals surface area contributed by atoms with Crippen LogP contribution in [0.25, 0.3) is 0 Å². The highest BCUT2D eigenvalue weighted by molar-refractivity contribution is 5.98. The minimum Gasteiger partial charge on any atom is -0.323 e. The largest absolute Gasteiger partial charge is 0.323 e. The Morgan fingerprint density at radius 1 is 1.18 bits per heavy atom. The molecule has 0 N–H and O–H groups in total. The maximum absolute atomic E-state index is 11.2. The van der Waals surface area contributed by atoms with E-state index in [-0.39, 0.29) is 12.1 Å². The number of carbonyl (C=O) groups excluding carboxylic acids is 1. The lowest BCUT2D eigenvalue weighted by atomic mass is 10.0. The maximum Gasteiger partial charge on any atom is 0.147 e. The van der Waals surface area contributed by atoms with Crippen molar-refractivity contribution in [2.24, 2.45) is 4.99 Å². The van der Waals surface area contributed by atoms with E-state index in [1.807, 2.05) is 54.8 Å². The molecule has 0 bridgehead atoms. The van der Waals surface area contributed by atoms with Gasteiger partial charge in [0.25, 0.3) is 0 Å². The second kappa shape index (κ2) is 4.01. The molecule has 0 spiro atoms. The van der Waals surface area contributed by atoms with Crippen LogP contribution in [0, 0.1) is 0 Å². The average Bonchev–Trinajstić information content (AvgIpc) is 2.78. The van der Waals surface area contributed by atoms with Gasteiger partial charge in [-0.2, -0.15) is 0 Å². The standard InChI is InChI=1S/C14H12N2O/c17-10-12-14(11-6-2-1-3-7-11)16-9-5-4-8-13(16)15-12/h1-10,12,14H. The SMILES string of the molecule is O=CC1N=C2C=CC=CN2C1c1ccccc1. The van der Waals surface area contributed by atoms with E-state index in [2.05, 4.69) is 9.89 Å². The van der Waals surface area contributed by atoms with E-state index in [4.69, 9.17) is 0 Å². The minimum absolute atomic E-state index is 0.00935. The summed E-state index contributed by atoms with van der Waals surface area (Å²) in [4.78, 5) is 17.6. The fourth-order valence-corrected chi connectivity index (χ4v) is 2.29. The summed E-state index contributed by atoms with van der Waals surface area (Å²) in [5, 5.41) is 0. The van der Waals surface area contributed by atoms with E-state index in [1.165, 1.54) is 0 Å². The Morgan fingerprint density at radius 3 is 2.76 bits per heavy atom. The predicted octanol–water partition coefficient (Wildman–Crippen LogP) is 2.09. The molecule has 2 atom stereocenters. The van der Waals surface area contributed by atoms with Crippen LogP contribution >= 0.6 is 0 Å². The number of fused-ring (bicyclic) bond motifs is 1. The first-order valence-electron chi connectivity index (χ1n) is 5.61. The quantitative estimate of drug-likeness (QED) is 0.720. The maximum atomic E-state index is 11.2. The highest BCUT2D eigenvalue weighted by atomic mass is 16.1. The molecule has 2 aliphatic heterocycles. The van der Waals surface area contributed by atoms with Crippen molar-refractivity contribution in [3.8, 4) is 0 Å². The molecule has 17 heavy (non-hydrogen) atoms. The normalized spacial score (nSPS) is 25.6. The van der Waals surface area contributed by atoms with Crippen LogP contribution in [-0.4, -0.2) is 23.1 Å². The van der Waals surface area contributed by atoms with Crippen LogP contribution in [0.4, 0.5) is 0 Å². The zero-order valence-electron chi connectivity index (χ0n) is 9.23. The molecule has 84 valence electrons. The van der Waals surface area contributed by atoms with Crippen molar-refractivity contribution in [1.82, 2.24) is 4.90 Å². The zero-order chi connectivity index (χ0) is 11.7. The number of aldehydes is 1. The number of amidine groups is 1. The number of hydrogen-bond donors (Lipinski definition) is 0. The summed E-state index contributed by atoms with van der Waals surface area (Å²) < 4.78 is 0. The highest BCUT2D eigenvalue weighted by Gasteiger charge is 2.35.